The van der Waals surface area contributed by atoms with Crippen molar-refractivity contribution in [3.63, 3.8) is 0 Å². The van der Waals surface area contributed by atoms with Gasteiger partial charge in [0.15, 0.2) is 0 Å². The summed E-state index contributed by atoms with van der Waals surface area (Å²) in [5.74, 6) is 0.825. The van der Waals surface area contributed by atoms with Crippen LogP contribution in [0.1, 0.15) is 36.8 Å². The van der Waals surface area contributed by atoms with Gasteiger partial charge in [0.05, 0.1) is 5.69 Å². The first-order valence-electron chi connectivity index (χ1n) is 8.07. The fourth-order valence-corrected chi connectivity index (χ4v) is 3.70. The molecule has 1 aromatic rings. The Morgan fingerprint density at radius 2 is 2.13 bits per heavy atom. The molecule has 0 bridgehead atoms. The number of carbonyl (C=O) groups excluding carboxylic acids is 2. The molecule has 3 rings (SSSR count). The van der Waals surface area contributed by atoms with Crippen LogP contribution < -0.4 is 5.32 Å². The zero-order valence-corrected chi connectivity index (χ0v) is 14.2. The fraction of sp³-hybridized carbons (Fsp3) is 0.688. The molecular weight excluding hydrogens is 296 g/mol. The lowest BCUT2D eigenvalue weighted by Gasteiger charge is -2.39. The Morgan fingerprint density at radius 3 is 2.70 bits per heavy atom. The van der Waals surface area contributed by atoms with Gasteiger partial charge in [0, 0.05) is 31.6 Å². The van der Waals surface area contributed by atoms with E-state index in [0.717, 1.165) is 49.5 Å². The highest BCUT2D eigenvalue weighted by atomic mass is 16.5. The summed E-state index contributed by atoms with van der Waals surface area (Å²) in [6.45, 7) is 8.25. The van der Waals surface area contributed by atoms with Gasteiger partial charge in [0.25, 0.3) is 5.91 Å². The van der Waals surface area contributed by atoms with Crippen molar-refractivity contribution < 1.29 is 14.1 Å². The third kappa shape index (κ3) is 2.63. The van der Waals surface area contributed by atoms with Gasteiger partial charge in [-0.25, -0.2) is 4.79 Å². The molecule has 1 N–H and O–H groups in total. The van der Waals surface area contributed by atoms with E-state index in [9.17, 15) is 9.59 Å². The van der Waals surface area contributed by atoms with Gasteiger partial charge >= 0.3 is 6.03 Å². The number of piperidine rings is 1. The zero-order valence-electron chi connectivity index (χ0n) is 14.2. The van der Waals surface area contributed by atoms with Crippen LogP contribution in [0.25, 0.3) is 0 Å². The minimum Gasteiger partial charge on any atom is -0.361 e. The molecule has 7 nitrogen and oxygen atoms in total. The maximum Gasteiger partial charge on any atom is 0.324 e. The van der Waals surface area contributed by atoms with Crippen molar-refractivity contribution >= 4 is 11.9 Å². The number of amides is 3. The molecule has 2 aliphatic heterocycles. The quantitative estimate of drug-likeness (QED) is 0.853. The number of likely N-dealkylation sites (N-methyl/N-ethyl adjacent to an activating group) is 1. The van der Waals surface area contributed by atoms with E-state index in [4.69, 9.17) is 4.52 Å². The number of carbonyl (C=O) groups is 2. The van der Waals surface area contributed by atoms with E-state index in [0.29, 0.717) is 0 Å². The third-order valence-corrected chi connectivity index (χ3v) is 5.31. The van der Waals surface area contributed by atoms with Crippen LogP contribution in [0.4, 0.5) is 4.79 Å². The molecule has 0 spiro atoms. The molecule has 2 fully saturated rings. The molecule has 2 saturated heterocycles. The van der Waals surface area contributed by atoms with E-state index in [1.807, 2.05) is 20.8 Å². The van der Waals surface area contributed by atoms with Crippen LogP contribution in [-0.2, 0) is 11.3 Å². The molecule has 126 valence electrons. The Labute approximate surface area is 136 Å². The minimum atomic E-state index is -0.802. The van der Waals surface area contributed by atoms with E-state index < -0.39 is 5.54 Å². The largest absolute Gasteiger partial charge is 0.361 e. The zero-order chi connectivity index (χ0) is 16.8. The maximum atomic E-state index is 12.5. The Balaban J connectivity index is 1.74. The average molecular weight is 320 g/mol. The van der Waals surface area contributed by atoms with Crippen LogP contribution in [0.5, 0.6) is 0 Å². The summed E-state index contributed by atoms with van der Waals surface area (Å²) >= 11 is 0. The summed E-state index contributed by atoms with van der Waals surface area (Å²) in [6, 6.07) is -0.305. The van der Waals surface area contributed by atoms with Crippen LogP contribution in [0, 0.1) is 19.8 Å². The smallest absolute Gasteiger partial charge is 0.324 e. The third-order valence-electron chi connectivity index (χ3n) is 5.31. The topological polar surface area (TPSA) is 78.7 Å². The van der Waals surface area contributed by atoms with Gasteiger partial charge in [0.1, 0.15) is 11.3 Å². The average Bonchev–Trinajstić information content (AvgIpc) is 2.94. The number of aromatic nitrogens is 1. The lowest BCUT2D eigenvalue weighted by molar-refractivity contribution is -0.132. The van der Waals surface area contributed by atoms with Gasteiger partial charge in [-0.15, -0.1) is 0 Å². The summed E-state index contributed by atoms with van der Waals surface area (Å²) in [4.78, 5) is 27.8. The molecule has 0 saturated carbocycles. The highest BCUT2D eigenvalue weighted by Gasteiger charge is 2.51. The molecule has 0 aliphatic carbocycles. The highest BCUT2D eigenvalue weighted by Crippen LogP contribution is 2.32. The minimum absolute atomic E-state index is 0.109. The van der Waals surface area contributed by atoms with Gasteiger partial charge in [-0.2, -0.15) is 0 Å². The first kappa shape index (κ1) is 16.0. The van der Waals surface area contributed by atoms with Crippen LogP contribution in [0.15, 0.2) is 4.52 Å². The van der Waals surface area contributed by atoms with Gasteiger partial charge in [-0.3, -0.25) is 14.6 Å². The molecule has 0 radical (unpaired) electrons. The summed E-state index contributed by atoms with van der Waals surface area (Å²) in [5, 5.41) is 6.89. The van der Waals surface area contributed by atoms with Crippen molar-refractivity contribution in [2.75, 3.05) is 20.1 Å². The predicted molar refractivity (Wildman–Crippen MR) is 83.7 cm³/mol. The second-order valence-electron chi connectivity index (χ2n) is 6.87. The van der Waals surface area contributed by atoms with Crippen LogP contribution in [0.2, 0.25) is 0 Å². The molecule has 2 aliphatic rings. The summed E-state index contributed by atoms with van der Waals surface area (Å²) in [7, 11) is 1.54. The number of hydrogen-bond acceptors (Lipinski definition) is 5. The molecule has 23 heavy (non-hydrogen) atoms. The lowest BCUT2D eigenvalue weighted by atomic mass is 9.80. The van der Waals surface area contributed by atoms with E-state index in [1.54, 1.807) is 0 Å². The fourth-order valence-electron chi connectivity index (χ4n) is 3.70. The van der Waals surface area contributed by atoms with E-state index in [1.165, 1.54) is 11.9 Å². The number of imide groups is 1. The van der Waals surface area contributed by atoms with Crippen molar-refractivity contribution in [3.8, 4) is 0 Å². The van der Waals surface area contributed by atoms with Crippen molar-refractivity contribution in [3.05, 3.63) is 17.0 Å². The molecule has 3 heterocycles. The summed E-state index contributed by atoms with van der Waals surface area (Å²) in [5.41, 5.74) is 1.24. The molecular formula is C16H24N4O3. The number of aryl methyl sites for hydroxylation is 2. The Morgan fingerprint density at radius 1 is 1.39 bits per heavy atom. The monoisotopic (exact) mass is 320 g/mol. The Bertz CT molecular complexity index is 622. The number of nitrogens with zero attached hydrogens (tertiary/aromatic N) is 3. The predicted octanol–water partition coefficient (Wildman–Crippen LogP) is 1.44. The van der Waals surface area contributed by atoms with Gasteiger partial charge in [0.2, 0.25) is 0 Å². The van der Waals surface area contributed by atoms with Gasteiger partial charge < -0.3 is 9.84 Å². The molecule has 7 heteroatoms. The number of nitrogens with one attached hydrogen (secondary N) is 1. The standard InChI is InChI=1S/C16H24N4O3/c1-10-13(11(2)23-18-10)9-20-7-5-6-12(8-20)16(3)14(21)19(4)15(22)17-16/h12H,5-9H2,1-4H3,(H,17,22)/t12-,16-/m0/s1. The molecule has 0 unspecified atom stereocenters. The highest BCUT2D eigenvalue weighted by molar-refractivity contribution is 6.06. The summed E-state index contributed by atoms with van der Waals surface area (Å²) < 4.78 is 5.23. The van der Waals surface area contributed by atoms with Crippen LogP contribution >= 0.6 is 0 Å². The first-order valence-corrected chi connectivity index (χ1v) is 8.07. The number of likely N-dealkylation sites (tertiary alicyclic amines) is 1. The van der Waals surface area contributed by atoms with Crippen molar-refractivity contribution in [2.45, 2.75) is 45.7 Å². The second-order valence-corrected chi connectivity index (χ2v) is 6.87. The van der Waals surface area contributed by atoms with E-state index in [2.05, 4.69) is 15.4 Å². The van der Waals surface area contributed by atoms with Crippen molar-refractivity contribution in [2.24, 2.45) is 5.92 Å². The molecule has 2 atom stereocenters. The SMILES string of the molecule is Cc1noc(C)c1CN1CCC[C@H]([C@]2(C)NC(=O)N(C)C2=O)C1. The normalized spacial score (nSPS) is 29.2. The van der Waals surface area contributed by atoms with E-state index in [-0.39, 0.29) is 17.9 Å². The molecule has 3 amide bonds. The van der Waals surface area contributed by atoms with Crippen molar-refractivity contribution in [1.82, 2.24) is 20.3 Å². The maximum absolute atomic E-state index is 12.5. The molecule has 0 aromatic carbocycles. The Hall–Kier alpha value is -1.89. The number of rotatable bonds is 3. The van der Waals surface area contributed by atoms with Gasteiger partial charge in [-0.1, -0.05) is 5.16 Å². The van der Waals surface area contributed by atoms with Gasteiger partial charge in [-0.05, 0) is 40.2 Å². The van der Waals surface area contributed by atoms with Crippen LogP contribution in [-0.4, -0.2) is 52.6 Å². The number of hydrogen-bond donors (Lipinski definition) is 1. The first-order chi connectivity index (χ1) is 10.8. The molecule has 1 aromatic heterocycles. The van der Waals surface area contributed by atoms with Crippen molar-refractivity contribution in [1.29, 1.82) is 0 Å². The Kier molecular flexibility index (Phi) is 3.91. The van der Waals surface area contributed by atoms with Crippen LogP contribution in [0.3, 0.4) is 0 Å². The summed E-state index contributed by atoms with van der Waals surface area (Å²) in [6.07, 6.45) is 1.95. The second kappa shape index (κ2) is 5.63. The van der Waals surface area contributed by atoms with E-state index >= 15 is 0 Å². The number of urea groups is 1. The lowest BCUT2D eigenvalue weighted by Crippen LogP contribution is -2.55.